The Hall–Kier alpha value is -2.22. The summed E-state index contributed by atoms with van der Waals surface area (Å²) in [7, 11) is 1.02. The van der Waals surface area contributed by atoms with Crippen LogP contribution in [0.25, 0.3) is 11.4 Å². The molecule has 0 saturated carbocycles. The van der Waals surface area contributed by atoms with Gasteiger partial charge >= 0.3 is 0 Å². The molecule has 0 spiro atoms. The summed E-state index contributed by atoms with van der Waals surface area (Å²) in [5.41, 5.74) is 0.491. The van der Waals surface area contributed by atoms with Crippen LogP contribution in [0.5, 0.6) is 17.2 Å². The standard InChI is InChI=1S/C13H16N2O5S/c1-18-10-8-12(20-3)11(19-2)7-9(10)13-14-5-6-15(13)21(4,16)17/h5-8H,1-4H3. The van der Waals surface area contributed by atoms with Crippen molar-refractivity contribution < 1.29 is 22.6 Å². The number of aromatic nitrogens is 2. The second-order valence-corrected chi connectivity index (χ2v) is 6.08. The number of imidazole rings is 1. The van der Waals surface area contributed by atoms with E-state index in [9.17, 15) is 8.42 Å². The van der Waals surface area contributed by atoms with Gasteiger partial charge in [-0.05, 0) is 6.07 Å². The minimum atomic E-state index is -3.47. The number of ether oxygens (including phenoxy) is 3. The summed E-state index contributed by atoms with van der Waals surface area (Å²) < 4.78 is 40.4. The van der Waals surface area contributed by atoms with Gasteiger partial charge in [0.05, 0.1) is 33.1 Å². The average molecular weight is 312 g/mol. The summed E-state index contributed by atoms with van der Waals surface area (Å²) in [5, 5.41) is 0. The first-order chi connectivity index (χ1) is 9.92. The van der Waals surface area contributed by atoms with Crippen LogP contribution in [0.3, 0.4) is 0 Å². The molecule has 1 aromatic heterocycles. The molecule has 7 nitrogen and oxygen atoms in total. The molecule has 2 rings (SSSR count). The molecule has 21 heavy (non-hydrogen) atoms. The van der Waals surface area contributed by atoms with Crippen molar-refractivity contribution >= 4 is 10.0 Å². The lowest BCUT2D eigenvalue weighted by molar-refractivity contribution is 0.349. The summed E-state index contributed by atoms with van der Waals surface area (Å²) in [6, 6.07) is 3.25. The number of hydrogen-bond acceptors (Lipinski definition) is 6. The van der Waals surface area contributed by atoms with Crippen molar-refractivity contribution in [1.29, 1.82) is 0 Å². The predicted octanol–water partition coefficient (Wildman–Crippen LogP) is 1.38. The van der Waals surface area contributed by atoms with Gasteiger partial charge < -0.3 is 14.2 Å². The van der Waals surface area contributed by atoms with E-state index in [0.717, 1.165) is 10.2 Å². The highest BCUT2D eigenvalue weighted by Crippen LogP contribution is 2.39. The van der Waals surface area contributed by atoms with Crippen molar-refractivity contribution in [3.8, 4) is 28.6 Å². The number of rotatable bonds is 5. The summed E-state index contributed by atoms with van der Waals surface area (Å²) in [5.74, 6) is 1.62. The molecule has 0 N–H and O–H groups in total. The molecule has 0 aliphatic rings. The van der Waals surface area contributed by atoms with Crippen molar-refractivity contribution in [3.05, 3.63) is 24.5 Å². The molecule has 0 radical (unpaired) electrons. The van der Waals surface area contributed by atoms with Gasteiger partial charge in [0.1, 0.15) is 5.75 Å². The lowest BCUT2D eigenvalue weighted by atomic mass is 10.1. The van der Waals surface area contributed by atoms with E-state index < -0.39 is 10.0 Å². The number of benzene rings is 1. The average Bonchev–Trinajstić information content (AvgIpc) is 2.95. The van der Waals surface area contributed by atoms with Crippen molar-refractivity contribution in [3.63, 3.8) is 0 Å². The Labute approximate surface area is 123 Å². The maximum absolute atomic E-state index is 11.8. The molecule has 1 aromatic carbocycles. The summed E-state index contributed by atoms with van der Waals surface area (Å²) in [4.78, 5) is 4.10. The van der Waals surface area contributed by atoms with Crippen LogP contribution in [0.15, 0.2) is 24.5 Å². The largest absolute Gasteiger partial charge is 0.496 e. The van der Waals surface area contributed by atoms with Gasteiger partial charge in [0, 0.05) is 18.5 Å². The van der Waals surface area contributed by atoms with Crippen molar-refractivity contribution in [1.82, 2.24) is 8.96 Å². The molecule has 0 bridgehead atoms. The topological polar surface area (TPSA) is 79.7 Å². The van der Waals surface area contributed by atoms with E-state index in [1.165, 1.54) is 33.7 Å². The van der Waals surface area contributed by atoms with Crippen molar-refractivity contribution in [2.45, 2.75) is 0 Å². The van der Waals surface area contributed by atoms with Gasteiger partial charge in [-0.3, -0.25) is 0 Å². The Balaban J connectivity index is 2.72. The molecule has 0 aliphatic carbocycles. The van der Waals surface area contributed by atoms with Crippen molar-refractivity contribution in [2.75, 3.05) is 27.6 Å². The Morgan fingerprint density at radius 2 is 1.57 bits per heavy atom. The molecule has 0 atom stereocenters. The molecule has 0 saturated heterocycles. The second-order valence-electron chi connectivity index (χ2n) is 4.22. The fourth-order valence-corrected chi connectivity index (χ4v) is 2.69. The minimum absolute atomic E-state index is 0.246. The van der Waals surface area contributed by atoms with Crippen LogP contribution in [0.2, 0.25) is 0 Å². The van der Waals surface area contributed by atoms with Crippen LogP contribution in [0.4, 0.5) is 0 Å². The molecule has 0 unspecified atom stereocenters. The SMILES string of the molecule is COc1cc(OC)c(-c2nccn2S(C)(=O)=O)cc1OC. The number of hydrogen-bond donors (Lipinski definition) is 0. The third-order valence-corrected chi connectivity index (χ3v) is 3.92. The smallest absolute Gasteiger partial charge is 0.237 e. The van der Waals surface area contributed by atoms with Crippen LogP contribution < -0.4 is 14.2 Å². The van der Waals surface area contributed by atoms with Crippen LogP contribution in [0.1, 0.15) is 0 Å². The first kappa shape index (κ1) is 15.2. The van der Waals surface area contributed by atoms with Crippen LogP contribution in [-0.4, -0.2) is 45.0 Å². The Bertz CT molecular complexity index is 752. The van der Waals surface area contributed by atoms with E-state index in [1.807, 2.05) is 0 Å². The van der Waals surface area contributed by atoms with E-state index in [4.69, 9.17) is 14.2 Å². The fourth-order valence-electron chi connectivity index (χ4n) is 1.95. The first-order valence-corrected chi connectivity index (χ1v) is 7.81. The highest BCUT2D eigenvalue weighted by molar-refractivity contribution is 7.89. The zero-order valence-electron chi connectivity index (χ0n) is 12.2. The van der Waals surface area contributed by atoms with E-state index in [2.05, 4.69) is 4.98 Å². The number of methoxy groups -OCH3 is 3. The fraction of sp³-hybridized carbons (Fsp3) is 0.308. The van der Waals surface area contributed by atoms with Gasteiger partial charge in [0.15, 0.2) is 17.3 Å². The summed E-state index contributed by atoms with van der Waals surface area (Å²) in [6.07, 6.45) is 3.89. The maximum Gasteiger partial charge on any atom is 0.237 e. The molecule has 2 aromatic rings. The van der Waals surface area contributed by atoms with Gasteiger partial charge in [-0.1, -0.05) is 0 Å². The van der Waals surface area contributed by atoms with E-state index in [-0.39, 0.29) is 5.82 Å². The molecule has 0 aliphatic heterocycles. The third kappa shape index (κ3) is 2.80. The van der Waals surface area contributed by atoms with Crippen LogP contribution in [-0.2, 0) is 10.0 Å². The van der Waals surface area contributed by atoms with Crippen LogP contribution >= 0.6 is 0 Å². The molecule has 0 fully saturated rings. The van der Waals surface area contributed by atoms with E-state index in [0.29, 0.717) is 22.8 Å². The Morgan fingerprint density at radius 3 is 2.10 bits per heavy atom. The lowest BCUT2D eigenvalue weighted by Gasteiger charge is -2.14. The molecular formula is C13H16N2O5S. The Morgan fingerprint density at radius 1 is 1.00 bits per heavy atom. The normalized spacial score (nSPS) is 11.2. The quantitative estimate of drug-likeness (QED) is 0.830. The van der Waals surface area contributed by atoms with Gasteiger partial charge in [-0.25, -0.2) is 17.4 Å². The van der Waals surface area contributed by atoms with Gasteiger partial charge in [0.25, 0.3) is 0 Å². The first-order valence-electron chi connectivity index (χ1n) is 5.96. The second kappa shape index (κ2) is 5.65. The third-order valence-electron chi connectivity index (χ3n) is 2.91. The molecular weight excluding hydrogens is 296 g/mol. The predicted molar refractivity (Wildman–Crippen MR) is 77.6 cm³/mol. The van der Waals surface area contributed by atoms with Gasteiger partial charge in [-0.2, -0.15) is 0 Å². The van der Waals surface area contributed by atoms with Gasteiger partial charge in [0.2, 0.25) is 10.0 Å². The lowest BCUT2D eigenvalue weighted by Crippen LogP contribution is -2.11. The minimum Gasteiger partial charge on any atom is -0.496 e. The summed E-state index contributed by atoms with van der Waals surface area (Å²) >= 11 is 0. The molecule has 114 valence electrons. The summed E-state index contributed by atoms with van der Waals surface area (Å²) in [6.45, 7) is 0. The van der Waals surface area contributed by atoms with Crippen LogP contribution in [0, 0.1) is 0 Å². The molecule has 0 amide bonds. The Kier molecular flexibility index (Phi) is 4.08. The number of nitrogens with zero attached hydrogens (tertiary/aromatic N) is 2. The van der Waals surface area contributed by atoms with Gasteiger partial charge in [-0.15, -0.1) is 0 Å². The van der Waals surface area contributed by atoms with E-state index in [1.54, 1.807) is 12.1 Å². The zero-order valence-corrected chi connectivity index (χ0v) is 13.0. The maximum atomic E-state index is 11.8. The zero-order chi connectivity index (χ0) is 15.6. The molecule has 8 heteroatoms. The monoisotopic (exact) mass is 312 g/mol. The molecule has 1 heterocycles. The highest BCUT2D eigenvalue weighted by atomic mass is 32.2. The van der Waals surface area contributed by atoms with Crippen molar-refractivity contribution in [2.24, 2.45) is 0 Å². The van der Waals surface area contributed by atoms with E-state index >= 15 is 0 Å². The highest BCUT2D eigenvalue weighted by Gasteiger charge is 2.20.